The summed E-state index contributed by atoms with van der Waals surface area (Å²) in [6.45, 7) is 2.25. The molecule has 0 spiro atoms. The molecule has 0 saturated heterocycles. The van der Waals surface area contributed by atoms with Crippen LogP contribution >= 0.6 is 22.7 Å². The van der Waals surface area contributed by atoms with Crippen molar-refractivity contribution in [3.8, 4) is 11.5 Å². The third-order valence-corrected chi connectivity index (χ3v) is 5.73. The maximum absolute atomic E-state index is 12.1. The van der Waals surface area contributed by atoms with Gasteiger partial charge in [0.15, 0.2) is 0 Å². The van der Waals surface area contributed by atoms with Crippen LogP contribution in [0.1, 0.15) is 43.4 Å². The van der Waals surface area contributed by atoms with Crippen LogP contribution < -0.4 is 10.6 Å². The van der Waals surface area contributed by atoms with E-state index in [4.69, 9.17) is 0 Å². The Labute approximate surface area is 164 Å². The molecule has 1 atom stereocenters. The molecule has 0 bridgehead atoms. The molecule has 0 aliphatic heterocycles. The van der Waals surface area contributed by atoms with E-state index in [0.717, 1.165) is 11.1 Å². The van der Waals surface area contributed by atoms with Gasteiger partial charge in [0, 0.05) is 29.4 Å². The van der Waals surface area contributed by atoms with Gasteiger partial charge in [-0.1, -0.05) is 24.3 Å². The summed E-state index contributed by atoms with van der Waals surface area (Å²) in [5.41, 5.74) is 1.86. The SMILES string of the molecule is CC(NC(=O)c1cc(O)cs1)c1ccc(CNC(=O)c2cc(O)cs2)cc1. The lowest BCUT2D eigenvalue weighted by Crippen LogP contribution is -2.26. The zero-order chi connectivity index (χ0) is 19.4. The number of nitrogens with one attached hydrogen (secondary N) is 2. The highest BCUT2D eigenvalue weighted by Crippen LogP contribution is 2.22. The van der Waals surface area contributed by atoms with Crippen molar-refractivity contribution in [2.45, 2.75) is 19.5 Å². The smallest absolute Gasteiger partial charge is 0.261 e. The second kappa shape index (κ2) is 8.24. The van der Waals surface area contributed by atoms with E-state index in [2.05, 4.69) is 10.6 Å². The van der Waals surface area contributed by atoms with Gasteiger partial charge in [0.1, 0.15) is 11.5 Å². The third kappa shape index (κ3) is 4.87. The van der Waals surface area contributed by atoms with E-state index in [0.29, 0.717) is 16.3 Å². The zero-order valence-corrected chi connectivity index (χ0v) is 16.1. The Hall–Kier alpha value is -2.84. The average Bonchev–Trinajstić information content (AvgIpc) is 3.28. The average molecular weight is 402 g/mol. The van der Waals surface area contributed by atoms with Crippen molar-refractivity contribution in [2.75, 3.05) is 0 Å². The van der Waals surface area contributed by atoms with Gasteiger partial charge in [-0.2, -0.15) is 0 Å². The molecule has 6 nitrogen and oxygen atoms in total. The van der Waals surface area contributed by atoms with Crippen LogP contribution in [0.25, 0.3) is 0 Å². The van der Waals surface area contributed by atoms with E-state index < -0.39 is 0 Å². The van der Waals surface area contributed by atoms with Crippen LogP contribution in [0.15, 0.2) is 47.2 Å². The molecule has 2 heterocycles. The lowest BCUT2D eigenvalue weighted by atomic mass is 10.1. The van der Waals surface area contributed by atoms with Crippen molar-refractivity contribution in [1.82, 2.24) is 10.6 Å². The van der Waals surface area contributed by atoms with E-state index >= 15 is 0 Å². The normalized spacial score (nSPS) is 11.7. The molecule has 4 N–H and O–H groups in total. The van der Waals surface area contributed by atoms with E-state index in [9.17, 15) is 19.8 Å². The van der Waals surface area contributed by atoms with Crippen molar-refractivity contribution >= 4 is 34.5 Å². The molecular weight excluding hydrogens is 384 g/mol. The first kappa shape index (κ1) is 18.9. The van der Waals surface area contributed by atoms with E-state index in [-0.39, 0.29) is 29.4 Å². The first-order chi connectivity index (χ1) is 12.9. The minimum atomic E-state index is -0.233. The Kier molecular flexibility index (Phi) is 5.78. The van der Waals surface area contributed by atoms with Gasteiger partial charge < -0.3 is 20.8 Å². The summed E-state index contributed by atoms with van der Waals surface area (Å²) in [6, 6.07) is 10.2. The molecule has 0 radical (unpaired) electrons. The molecule has 1 unspecified atom stereocenters. The molecule has 2 aromatic heterocycles. The van der Waals surface area contributed by atoms with Crippen molar-refractivity contribution in [3.63, 3.8) is 0 Å². The highest BCUT2D eigenvalue weighted by molar-refractivity contribution is 7.12. The number of aromatic hydroxyl groups is 2. The standard InChI is InChI=1S/C19H18N2O4S2/c1-11(21-19(25)17-7-15(23)10-27-17)13-4-2-12(3-5-13)8-20-18(24)16-6-14(22)9-26-16/h2-7,9-11,22-23H,8H2,1H3,(H,20,24)(H,21,25). The lowest BCUT2D eigenvalue weighted by molar-refractivity contribution is 0.0939. The van der Waals surface area contributed by atoms with Gasteiger partial charge in [0.05, 0.1) is 15.8 Å². The Bertz CT molecular complexity index is 947. The Morgan fingerprint density at radius 1 is 0.963 bits per heavy atom. The van der Waals surface area contributed by atoms with Gasteiger partial charge in [-0.25, -0.2) is 0 Å². The number of hydrogen-bond donors (Lipinski definition) is 4. The minimum Gasteiger partial charge on any atom is -0.507 e. The van der Waals surface area contributed by atoms with Crippen molar-refractivity contribution in [1.29, 1.82) is 0 Å². The predicted octanol–water partition coefficient (Wildman–Crippen LogP) is 3.64. The van der Waals surface area contributed by atoms with Crippen molar-refractivity contribution < 1.29 is 19.8 Å². The summed E-state index contributed by atoms with van der Waals surface area (Å²) in [6.07, 6.45) is 0. The molecule has 0 fully saturated rings. The topological polar surface area (TPSA) is 98.7 Å². The van der Waals surface area contributed by atoms with Crippen LogP contribution in [0.5, 0.6) is 11.5 Å². The summed E-state index contributed by atoms with van der Waals surface area (Å²) < 4.78 is 0. The van der Waals surface area contributed by atoms with Crippen LogP contribution in [0.3, 0.4) is 0 Å². The highest BCUT2D eigenvalue weighted by atomic mass is 32.1. The maximum atomic E-state index is 12.1. The first-order valence-electron chi connectivity index (χ1n) is 8.15. The van der Waals surface area contributed by atoms with Crippen molar-refractivity contribution in [3.05, 3.63) is 68.0 Å². The van der Waals surface area contributed by atoms with E-state index in [1.54, 1.807) is 0 Å². The van der Waals surface area contributed by atoms with Crippen molar-refractivity contribution in [2.24, 2.45) is 0 Å². The number of amides is 2. The monoisotopic (exact) mass is 402 g/mol. The molecule has 3 aromatic rings. The third-order valence-electron chi connectivity index (χ3n) is 3.90. The predicted molar refractivity (Wildman–Crippen MR) is 105 cm³/mol. The molecule has 0 saturated carbocycles. The summed E-state index contributed by atoms with van der Waals surface area (Å²) in [5, 5.41) is 27.3. The van der Waals surface area contributed by atoms with Gasteiger partial charge >= 0.3 is 0 Å². The fraction of sp³-hybridized carbons (Fsp3) is 0.158. The number of thiophene rings is 2. The summed E-state index contributed by atoms with van der Waals surface area (Å²) >= 11 is 2.38. The largest absolute Gasteiger partial charge is 0.507 e. The molecule has 27 heavy (non-hydrogen) atoms. The summed E-state index contributed by atoms with van der Waals surface area (Å²) in [7, 11) is 0. The summed E-state index contributed by atoms with van der Waals surface area (Å²) in [5.74, 6) is -0.294. The van der Waals surface area contributed by atoms with Gasteiger partial charge in [-0.05, 0) is 18.1 Å². The van der Waals surface area contributed by atoms with Crippen LogP contribution in [-0.4, -0.2) is 22.0 Å². The molecule has 1 aromatic carbocycles. The van der Waals surface area contributed by atoms with Crippen LogP contribution in [0, 0.1) is 0 Å². The van der Waals surface area contributed by atoms with Gasteiger partial charge in [-0.3, -0.25) is 9.59 Å². The molecule has 3 rings (SSSR count). The van der Waals surface area contributed by atoms with Gasteiger partial charge in [0.25, 0.3) is 11.8 Å². The maximum Gasteiger partial charge on any atom is 0.261 e. The Morgan fingerprint density at radius 3 is 2.04 bits per heavy atom. The van der Waals surface area contributed by atoms with E-state index in [1.807, 2.05) is 31.2 Å². The van der Waals surface area contributed by atoms with Crippen LogP contribution in [0.4, 0.5) is 0 Å². The van der Waals surface area contributed by atoms with Crippen LogP contribution in [0.2, 0.25) is 0 Å². The number of hydrogen-bond acceptors (Lipinski definition) is 6. The first-order valence-corrected chi connectivity index (χ1v) is 9.91. The molecule has 8 heteroatoms. The number of carbonyl (C=O) groups excluding carboxylic acids is 2. The van der Waals surface area contributed by atoms with Gasteiger partial charge in [-0.15, -0.1) is 22.7 Å². The molecular formula is C19H18N2O4S2. The fourth-order valence-electron chi connectivity index (χ4n) is 2.44. The zero-order valence-electron chi connectivity index (χ0n) is 14.4. The molecule has 2 amide bonds. The quantitative estimate of drug-likeness (QED) is 0.506. The fourth-order valence-corrected chi connectivity index (χ4v) is 3.79. The number of rotatable bonds is 6. The minimum absolute atomic E-state index is 0.0852. The molecule has 140 valence electrons. The molecule has 0 aliphatic carbocycles. The number of benzene rings is 1. The number of carbonyl (C=O) groups is 2. The second-order valence-corrected chi connectivity index (χ2v) is 7.78. The lowest BCUT2D eigenvalue weighted by Gasteiger charge is -2.14. The Morgan fingerprint density at radius 2 is 1.52 bits per heavy atom. The highest BCUT2D eigenvalue weighted by Gasteiger charge is 2.14. The Balaban J connectivity index is 1.54. The van der Waals surface area contributed by atoms with Gasteiger partial charge in [0.2, 0.25) is 0 Å². The molecule has 0 aliphatic rings. The summed E-state index contributed by atoms with van der Waals surface area (Å²) in [4.78, 5) is 25.0. The second-order valence-electron chi connectivity index (χ2n) is 5.96. The van der Waals surface area contributed by atoms with E-state index in [1.165, 1.54) is 45.6 Å². The van der Waals surface area contributed by atoms with Crippen LogP contribution in [-0.2, 0) is 6.54 Å².